The minimum Gasteiger partial charge on any atom is -0.465 e. The molecule has 0 heterocycles. The largest absolute Gasteiger partial charge is 0.465 e. The van der Waals surface area contributed by atoms with Crippen molar-refractivity contribution in [2.24, 2.45) is 0 Å². The molecule has 0 aromatic rings. The summed E-state index contributed by atoms with van der Waals surface area (Å²) in [7, 11) is 0. The standard InChI is InChI=1S/C5H11NO2/c1-2-3-4-6-5(7)8/h6H,2-4H2,1H3,(H,7,8)/i1D2. The highest BCUT2D eigenvalue weighted by molar-refractivity contribution is 5.64. The molecule has 0 aliphatic carbocycles. The molecule has 0 aromatic heterocycles. The van der Waals surface area contributed by atoms with Crippen molar-refractivity contribution in [2.45, 2.75) is 19.7 Å². The van der Waals surface area contributed by atoms with Gasteiger partial charge in [0.1, 0.15) is 0 Å². The average Bonchev–Trinajstić information content (AvgIpc) is 1.79. The summed E-state index contributed by atoms with van der Waals surface area (Å²) in [5.41, 5.74) is 0. The van der Waals surface area contributed by atoms with Crippen molar-refractivity contribution in [3.63, 3.8) is 0 Å². The molecule has 1 amide bonds. The van der Waals surface area contributed by atoms with Crippen molar-refractivity contribution >= 4 is 6.09 Å². The Hall–Kier alpha value is -0.730. The molecule has 0 radical (unpaired) electrons. The van der Waals surface area contributed by atoms with Gasteiger partial charge in [-0.05, 0) is 6.42 Å². The van der Waals surface area contributed by atoms with Gasteiger partial charge in [-0.3, -0.25) is 0 Å². The van der Waals surface area contributed by atoms with E-state index in [2.05, 4.69) is 5.32 Å². The Balaban J connectivity index is 2.98. The Morgan fingerprint density at radius 2 is 2.75 bits per heavy atom. The smallest absolute Gasteiger partial charge is 0.404 e. The van der Waals surface area contributed by atoms with Gasteiger partial charge in [-0.15, -0.1) is 0 Å². The Morgan fingerprint density at radius 1 is 2.00 bits per heavy atom. The molecule has 48 valence electrons. The molecule has 0 saturated carbocycles. The van der Waals surface area contributed by atoms with Crippen LogP contribution in [0, 0.1) is 0 Å². The highest BCUT2D eigenvalue weighted by atomic mass is 16.4. The van der Waals surface area contributed by atoms with E-state index < -0.39 is 13.0 Å². The summed E-state index contributed by atoms with van der Waals surface area (Å²) in [6.45, 7) is -0.501. The lowest BCUT2D eigenvalue weighted by molar-refractivity contribution is 0.194. The van der Waals surface area contributed by atoms with Crippen LogP contribution < -0.4 is 5.32 Å². The van der Waals surface area contributed by atoms with E-state index >= 15 is 0 Å². The number of rotatable bonds is 3. The first kappa shape index (κ1) is 4.18. The van der Waals surface area contributed by atoms with Crippen LogP contribution in [-0.4, -0.2) is 17.7 Å². The maximum Gasteiger partial charge on any atom is 0.404 e. The molecule has 0 unspecified atom stereocenters. The van der Waals surface area contributed by atoms with E-state index in [1.807, 2.05) is 0 Å². The lowest BCUT2D eigenvalue weighted by Gasteiger charge is -1.94. The molecule has 8 heavy (non-hydrogen) atoms. The van der Waals surface area contributed by atoms with Crippen LogP contribution in [0.15, 0.2) is 0 Å². The molecule has 0 bridgehead atoms. The minimum atomic E-state index is -1.05. The van der Waals surface area contributed by atoms with Crippen molar-refractivity contribution in [3.8, 4) is 0 Å². The van der Waals surface area contributed by atoms with E-state index in [1.54, 1.807) is 0 Å². The van der Waals surface area contributed by atoms with Gasteiger partial charge in [0.25, 0.3) is 0 Å². The molecule has 0 saturated heterocycles. The Kier molecular flexibility index (Phi) is 2.31. The van der Waals surface area contributed by atoms with Crippen molar-refractivity contribution in [1.29, 1.82) is 0 Å². The average molecular weight is 119 g/mol. The first-order valence-electron chi connectivity index (χ1n) is 3.59. The SMILES string of the molecule is [2H]C([2H])CCCNC(=O)O. The Bertz CT molecular complexity index is 108. The van der Waals surface area contributed by atoms with Crippen molar-refractivity contribution in [1.82, 2.24) is 5.32 Å². The topological polar surface area (TPSA) is 49.3 Å². The number of amides is 1. The molecular weight excluding hydrogens is 106 g/mol. The van der Waals surface area contributed by atoms with Gasteiger partial charge in [0.15, 0.2) is 0 Å². The molecule has 3 nitrogen and oxygen atoms in total. The summed E-state index contributed by atoms with van der Waals surface area (Å²) >= 11 is 0. The third-order valence-electron chi connectivity index (χ3n) is 0.657. The van der Waals surface area contributed by atoms with E-state index in [0.29, 0.717) is 19.4 Å². The summed E-state index contributed by atoms with van der Waals surface area (Å²) in [6.07, 6.45) is -0.0731. The molecule has 0 spiro atoms. The molecular formula is C5H11NO2. The lowest BCUT2D eigenvalue weighted by atomic mass is 10.3. The maximum absolute atomic E-state index is 9.84. The quantitative estimate of drug-likeness (QED) is 0.545. The van der Waals surface area contributed by atoms with Gasteiger partial charge >= 0.3 is 6.09 Å². The van der Waals surface area contributed by atoms with Crippen molar-refractivity contribution < 1.29 is 12.6 Å². The maximum atomic E-state index is 9.84. The number of nitrogens with one attached hydrogen (secondary N) is 1. The van der Waals surface area contributed by atoms with E-state index in [1.165, 1.54) is 0 Å². The fourth-order valence-electron chi connectivity index (χ4n) is 0.297. The summed E-state index contributed by atoms with van der Waals surface area (Å²) in [5, 5.41) is 10.2. The summed E-state index contributed by atoms with van der Waals surface area (Å²) in [5.74, 6) is 0. The normalized spacial score (nSPS) is 12.6. The fourth-order valence-corrected chi connectivity index (χ4v) is 0.297. The van der Waals surface area contributed by atoms with Crippen LogP contribution in [-0.2, 0) is 0 Å². The molecule has 0 aliphatic heterocycles. The zero-order valence-electron chi connectivity index (χ0n) is 6.55. The second-order valence-corrected chi connectivity index (χ2v) is 1.37. The Labute approximate surface area is 51.5 Å². The van der Waals surface area contributed by atoms with Crippen LogP contribution in [0.3, 0.4) is 0 Å². The monoisotopic (exact) mass is 119 g/mol. The first-order valence-corrected chi connectivity index (χ1v) is 2.44. The van der Waals surface area contributed by atoms with E-state index in [4.69, 9.17) is 7.85 Å². The number of hydrogen-bond donors (Lipinski definition) is 2. The third kappa shape index (κ3) is 5.27. The third-order valence-corrected chi connectivity index (χ3v) is 0.657. The lowest BCUT2D eigenvalue weighted by Crippen LogP contribution is -2.21. The summed E-state index contributed by atoms with van der Waals surface area (Å²) in [6, 6.07) is 0. The minimum absolute atomic E-state index is 0.337. The molecule has 0 fully saturated rings. The van der Waals surface area contributed by atoms with Gasteiger partial charge in [-0.25, -0.2) is 4.79 Å². The van der Waals surface area contributed by atoms with Crippen LogP contribution in [0.5, 0.6) is 0 Å². The number of hydrogen-bond acceptors (Lipinski definition) is 1. The van der Waals surface area contributed by atoms with Crippen LogP contribution in [0.1, 0.15) is 22.5 Å². The van der Waals surface area contributed by atoms with Crippen LogP contribution in [0.2, 0.25) is 0 Å². The number of carbonyl (C=O) groups is 1. The van der Waals surface area contributed by atoms with Gasteiger partial charge < -0.3 is 10.4 Å². The number of carboxylic acid groups (broad SMARTS) is 1. The second kappa shape index (κ2) is 4.43. The predicted octanol–water partition coefficient (Wildman–Crippen LogP) is 1.05. The molecule has 2 N–H and O–H groups in total. The predicted molar refractivity (Wildman–Crippen MR) is 30.9 cm³/mol. The van der Waals surface area contributed by atoms with Gasteiger partial charge in [-0.2, -0.15) is 0 Å². The van der Waals surface area contributed by atoms with Crippen LogP contribution in [0.25, 0.3) is 0 Å². The highest BCUT2D eigenvalue weighted by Crippen LogP contribution is 1.80. The molecule has 0 rings (SSSR count). The summed E-state index contributed by atoms with van der Waals surface area (Å²) in [4.78, 5) is 9.84. The van der Waals surface area contributed by atoms with Crippen LogP contribution >= 0.6 is 0 Å². The molecule has 0 aliphatic rings. The first-order chi connectivity index (χ1) is 4.63. The zero-order chi connectivity index (χ0) is 7.98. The highest BCUT2D eigenvalue weighted by Gasteiger charge is 1.88. The Morgan fingerprint density at radius 3 is 3.25 bits per heavy atom. The van der Waals surface area contributed by atoms with Gasteiger partial charge in [0.05, 0.1) is 0 Å². The van der Waals surface area contributed by atoms with Crippen molar-refractivity contribution in [3.05, 3.63) is 0 Å². The van der Waals surface area contributed by atoms with Gasteiger partial charge in [-0.1, -0.05) is 13.3 Å². The zero-order valence-corrected chi connectivity index (χ0v) is 4.55. The molecule has 3 heteroatoms. The summed E-state index contributed by atoms with van der Waals surface area (Å²) < 4.78 is 13.5. The van der Waals surface area contributed by atoms with Gasteiger partial charge in [0, 0.05) is 9.29 Å². The van der Waals surface area contributed by atoms with E-state index in [-0.39, 0.29) is 0 Å². The van der Waals surface area contributed by atoms with Crippen LogP contribution in [0.4, 0.5) is 4.79 Å². The second-order valence-electron chi connectivity index (χ2n) is 1.37. The van der Waals surface area contributed by atoms with E-state index in [0.717, 1.165) is 0 Å². The van der Waals surface area contributed by atoms with E-state index in [9.17, 15) is 4.79 Å². The van der Waals surface area contributed by atoms with Gasteiger partial charge in [0.2, 0.25) is 0 Å². The molecule has 0 atom stereocenters. The van der Waals surface area contributed by atoms with Crippen molar-refractivity contribution in [2.75, 3.05) is 6.54 Å². The fraction of sp³-hybridized carbons (Fsp3) is 0.800. The molecule has 0 aromatic carbocycles.